The number of hydrogen-bond acceptors (Lipinski definition) is 5. The van der Waals surface area contributed by atoms with Crippen LogP contribution in [0.3, 0.4) is 0 Å². The smallest absolute Gasteiger partial charge is 0.339 e. The van der Waals surface area contributed by atoms with Gasteiger partial charge in [0.2, 0.25) is 0 Å². The molecule has 6 nitrogen and oxygen atoms in total. The van der Waals surface area contributed by atoms with Gasteiger partial charge < -0.3 is 5.32 Å². The Hall–Kier alpha value is -3.56. The number of anilines is 2. The Balaban J connectivity index is 1.70. The quantitative estimate of drug-likeness (QED) is 0.502. The molecule has 2 aromatic heterocycles. The van der Waals surface area contributed by atoms with Crippen molar-refractivity contribution in [1.29, 1.82) is 0 Å². The fourth-order valence-corrected chi connectivity index (χ4v) is 2.90. The van der Waals surface area contributed by atoms with E-state index in [1.54, 1.807) is 10.6 Å². The number of hydrogen-bond donors (Lipinski definition) is 1. The molecule has 1 N–H and O–H groups in total. The van der Waals surface area contributed by atoms with Crippen LogP contribution >= 0.6 is 0 Å². The Labute approximate surface area is 162 Å². The van der Waals surface area contributed by atoms with E-state index in [1.807, 2.05) is 6.92 Å². The summed E-state index contributed by atoms with van der Waals surface area (Å²) in [4.78, 5) is 8.82. The first-order chi connectivity index (χ1) is 13.8. The first-order valence-corrected chi connectivity index (χ1v) is 8.66. The lowest BCUT2D eigenvalue weighted by Gasteiger charge is -2.10. The van der Waals surface area contributed by atoms with Crippen LogP contribution in [0.25, 0.3) is 17.0 Å². The second kappa shape index (κ2) is 7.12. The van der Waals surface area contributed by atoms with Crippen molar-refractivity contribution in [3.05, 3.63) is 65.9 Å². The Kier molecular flexibility index (Phi) is 4.61. The van der Waals surface area contributed by atoms with Gasteiger partial charge in [-0.15, -0.1) is 5.10 Å². The predicted octanol–water partition coefficient (Wildman–Crippen LogP) is 4.67. The molecule has 0 bridgehead atoms. The molecule has 4 rings (SSSR count). The number of fused-ring (bicyclic) bond motifs is 1. The lowest BCUT2D eigenvalue weighted by molar-refractivity contribution is -0.137. The largest absolute Gasteiger partial charge is 0.416 e. The maximum Gasteiger partial charge on any atom is 0.416 e. The zero-order valence-electron chi connectivity index (χ0n) is 15.1. The van der Waals surface area contributed by atoms with Crippen LogP contribution < -0.4 is 5.32 Å². The van der Waals surface area contributed by atoms with Crippen LogP contribution in [0, 0.1) is 5.82 Å². The molecule has 0 aliphatic carbocycles. The summed E-state index contributed by atoms with van der Waals surface area (Å²) < 4.78 is 53.4. The monoisotopic (exact) mass is 402 g/mol. The highest BCUT2D eigenvalue weighted by molar-refractivity contribution is 5.77. The van der Waals surface area contributed by atoms with Gasteiger partial charge in [-0.05, 0) is 36.4 Å². The predicted molar refractivity (Wildman–Crippen MR) is 98.5 cm³/mol. The van der Waals surface area contributed by atoms with Gasteiger partial charge in [0.15, 0.2) is 5.82 Å². The number of imidazole rings is 1. The van der Waals surface area contributed by atoms with Crippen molar-refractivity contribution in [3.8, 4) is 5.95 Å². The summed E-state index contributed by atoms with van der Waals surface area (Å²) in [5, 5.41) is 10.8. The molecule has 10 heteroatoms. The standard InChI is InChI=1S/C19H14F4N6/c1-2-17-26-14-8-5-12(20)9-15(14)29(17)18-27-16(10-24-28-18)25-13-6-3-11(4-7-13)19(21,22)23/h3-10H,2H2,1H3,(H,25,27,28). The second-order valence-corrected chi connectivity index (χ2v) is 6.19. The van der Waals surface area contributed by atoms with Crippen LogP contribution in [0.4, 0.5) is 29.1 Å². The van der Waals surface area contributed by atoms with Crippen LogP contribution in [-0.4, -0.2) is 24.7 Å². The summed E-state index contributed by atoms with van der Waals surface area (Å²) in [6.07, 6.45) is -2.51. The van der Waals surface area contributed by atoms with E-state index in [9.17, 15) is 17.6 Å². The maximum atomic E-state index is 13.7. The van der Waals surface area contributed by atoms with Crippen LogP contribution in [0.2, 0.25) is 0 Å². The molecule has 0 unspecified atom stereocenters. The van der Waals surface area contributed by atoms with Crippen molar-refractivity contribution in [2.75, 3.05) is 5.32 Å². The van der Waals surface area contributed by atoms with Gasteiger partial charge in [0.1, 0.15) is 11.6 Å². The first-order valence-electron chi connectivity index (χ1n) is 8.66. The highest BCUT2D eigenvalue weighted by Crippen LogP contribution is 2.30. The Morgan fingerprint density at radius 1 is 1.03 bits per heavy atom. The lowest BCUT2D eigenvalue weighted by Crippen LogP contribution is -2.08. The average molecular weight is 402 g/mol. The third-order valence-corrected chi connectivity index (χ3v) is 4.23. The van der Waals surface area contributed by atoms with Gasteiger partial charge in [0.05, 0.1) is 22.8 Å². The zero-order chi connectivity index (χ0) is 20.6. The van der Waals surface area contributed by atoms with Gasteiger partial charge in [-0.25, -0.2) is 9.37 Å². The molecular formula is C19H14F4N6. The van der Waals surface area contributed by atoms with E-state index in [1.165, 1.54) is 30.5 Å². The molecule has 0 radical (unpaired) electrons. The van der Waals surface area contributed by atoms with E-state index in [2.05, 4.69) is 25.5 Å². The van der Waals surface area contributed by atoms with Crippen molar-refractivity contribution in [2.45, 2.75) is 19.5 Å². The molecule has 0 fully saturated rings. The number of benzene rings is 2. The van der Waals surface area contributed by atoms with Gasteiger partial charge in [-0.1, -0.05) is 6.92 Å². The van der Waals surface area contributed by atoms with Gasteiger partial charge in [-0.2, -0.15) is 23.3 Å². The van der Waals surface area contributed by atoms with E-state index in [-0.39, 0.29) is 11.8 Å². The van der Waals surface area contributed by atoms with E-state index in [4.69, 9.17) is 0 Å². The molecule has 0 amide bonds. The molecule has 29 heavy (non-hydrogen) atoms. The van der Waals surface area contributed by atoms with E-state index < -0.39 is 17.6 Å². The molecular weight excluding hydrogens is 388 g/mol. The number of aromatic nitrogens is 5. The summed E-state index contributed by atoms with van der Waals surface area (Å²) in [6.45, 7) is 1.89. The molecule has 0 aliphatic heterocycles. The van der Waals surface area contributed by atoms with Crippen molar-refractivity contribution in [1.82, 2.24) is 24.7 Å². The lowest BCUT2D eigenvalue weighted by atomic mass is 10.2. The minimum atomic E-state index is -4.41. The third kappa shape index (κ3) is 3.73. The fraction of sp³-hybridized carbons (Fsp3) is 0.158. The van der Waals surface area contributed by atoms with Crippen LogP contribution in [0.15, 0.2) is 48.7 Å². The van der Waals surface area contributed by atoms with Gasteiger partial charge in [-0.3, -0.25) is 4.57 Å². The molecule has 0 saturated carbocycles. The van der Waals surface area contributed by atoms with Gasteiger partial charge in [0.25, 0.3) is 5.95 Å². The highest BCUT2D eigenvalue weighted by atomic mass is 19.4. The van der Waals surface area contributed by atoms with E-state index in [0.29, 0.717) is 29.0 Å². The summed E-state index contributed by atoms with van der Waals surface area (Å²) in [7, 11) is 0. The normalized spacial score (nSPS) is 11.8. The zero-order valence-corrected chi connectivity index (χ0v) is 15.1. The highest BCUT2D eigenvalue weighted by Gasteiger charge is 2.29. The molecule has 4 aromatic rings. The topological polar surface area (TPSA) is 68.5 Å². The molecule has 2 aromatic carbocycles. The van der Waals surface area contributed by atoms with Crippen molar-refractivity contribution in [3.63, 3.8) is 0 Å². The number of nitrogens with one attached hydrogen (secondary N) is 1. The summed E-state index contributed by atoms with van der Waals surface area (Å²) in [6, 6.07) is 8.76. The summed E-state index contributed by atoms with van der Waals surface area (Å²) in [5.74, 6) is 0.648. The summed E-state index contributed by atoms with van der Waals surface area (Å²) in [5.41, 5.74) is 0.744. The number of alkyl halides is 3. The van der Waals surface area contributed by atoms with Crippen LogP contribution in [-0.2, 0) is 12.6 Å². The fourth-order valence-electron chi connectivity index (χ4n) is 2.90. The molecule has 0 spiro atoms. The minimum Gasteiger partial charge on any atom is -0.339 e. The molecule has 0 aliphatic rings. The second-order valence-electron chi connectivity index (χ2n) is 6.19. The number of nitrogens with zero attached hydrogens (tertiary/aromatic N) is 5. The number of aryl methyl sites for hydroxylation is 1. The van der Waals surface area contributed by atoms with E-state index in [0.717, 1.165) is 12.1 Å². The maximum absolute atomic E-state index is 13.7. The third-order valence-electron chi connectivity index (χ3n) is 4.23. The van der Waals surface area contributed by atoms with Crippen molar-refractivity contribution in [2.24, 2.45) is 0 Å². The Morgan fingerprint density at radius 2 is 1.79 bits per heavy atom. The minimum absolute atomic E-state index is 0.173. The van der Waals surface area contributed by atoms with Gasteiger partial charge >= 0.3 is 6.18 Å². The van der Waals surface area contributed by atoms with Crippen molar-refractivity contribution < 1.29 is 17.6 Å². The Morgan fingerprint density at radius 3 is 2.48 bits per heavy atom. The van der Waals surface area contributed by atoms with Crippen molar-refractivity contribution >= 4 is 22.5 Å². The molecule has 2 heterocycles. The molecule has 148 valence electrons. The SMILES string of the molecule is CCc1nc2ccc(F)cc2n1-c1nncc(Nc2ccc(C(F)(F)F)cc2)n1. The number of halogens is 4. The van der Waals surface area contributed by atoms with Gasteiger partial charge in [0, 0.05) is 18.2 Å². The molecule has 0 atom stereocenters. The number of rotatable bonds is 4. The average Bonchev–Trinajstić information content (AvgIpc) is 3.05. The van der Waals surface area contributed by atoms with Crippen LogP contribution in [0.1, 0.15) is 18.3 Å². The molecule has 0 saturated heterocycles. The first kappa shape index (κ1) is 18.8. The van der Waals surface area contributed by atoms with E-state index >= 15 is 0 Å². The Bertz CT molecular complexity index is 1170. The summed E-state index contributed by atoms with van der Waals surface area (Å²) >= 11 is 0. The van der Waals surface area contributed by atoms with Crippen LogP contribution in [0.5, 0.6) is 0 Å².